The molecule has 2 aromatic carbocycles. The molecule has 0 N–H and O–H groups in total. The second-order valence-corrected chi connectivity index (χ2v) is 11.9. The van der Waals surface area contributed by atoms with Crippen molar-refractivity contribution in [3.63, 3.8) is 0 Å². The molecule has 0 amide bonds. The van der Waals surface area contributed by atoms with Crippen molar-refractivity contribution in [1.82, 2.24) is 29.2 Å². The summed E-state index contributed by atoms with van der Waals surface area (Å²) in [5, 5.41) is 4.94. The Bertz CT molecular complexity index is 1740. The van der Waals surface area contributed by atoms with Crippen LogP contribution in [-0.4, -0.2) is 55.0 Å². The summed E-state index contributed by atoms with van der Waals surface area (Å²) in [6, 6.07) is 18.9. The molecule has 2 saturated heterocycles. The van der Waals surface area contributed by atoms with Gasteiger partial charge in [-0.2, -0.15) is 5.10 Å². The molecular formula is C33H34ClFN6O2. The van der Waals surface area contributed by atoms with Gasteiger partial charge in [0.05, 0.1) is 35.9 Å². The molecule has 0 aliphatic carbocycles. The number of fused-ring (bicyclic) bond motifs is 1. The number of aromatic nitrogens is 5. The third kappa shape index (κ3) is 6.16. The number of aryl methyl sites for hydroxylation is 1. The van der Waals surface area contributed by atoms with E-state index >= 15 is 0 Å². The van der Waals surface area contributed by atoms with E-state index in [1.54, 1.807) is 12.1 Å². The van der Waals surface area contributed by atoms with Crippen LogP contribution in [0.25, 0.3) is 22.3 Å². The molecule has 2 fully saturated rings. The van der Waals surface area contributed by atoms with Crippen LogP contribution >= 0.6 is 11.6 Å². The zero-order valence-corrected chi connectivity index (χ0v) is 24.9. The van der Waals surface area contributed by atoms with E-state index in [9.17, 15) is 4.39 Å². The fourth-order valence-corrected chi connectivity index (χ4v) is 6.14. The van der Waals surface area contributed by atoms with Gasteiger partial charge in [0, 0.05) is 53.7 Å². The minimum atomic E-state index is -0.376. The van der Waals surface area contributed by atoms with Crippen LogP contribution in [0.5, 0.6) is 5.88 Å². The number of ether oxygens (including phenoxy) is 2. The van der Waals surface area contributed by atoms with Crippen molar-refractivity contribution in [3.05, 3.63) is 94.8 Å². The average Bonchev–Trinajstić information content (AvgIpc) is 3.57. The SMILES string of the molecule is Cn1ccc(-c2ccc3c(c2)nc(CN2CCC(c4cccc(OCc5ccc(Cl)cc5F)n4)CC2)n3CC2CCO2)n1. The van der Waals surface area contributed by atoms with Crippen LogP contribution in [0, 0.1) is 5.82 Å². The van der Waals surface area contributed by atoms with Crippen LogP contribution in [0.2, 0.25) is 5.02 Å². The molecule has 222 valence electrons. The Labute approximate surface area is 255 Å². The Balaban J connectivity index is 1.02. The van der Waals surface area contributed by atoms with Gasteiger partial charge in [-0.15, -0.1) is 0 Å². The van der Waals surface area contributed by atoms with Crippen LogP contribution in [0.3, 0.4) is 0 Å². The third-order valence-electron chi connectivity index (χ3n) is 8.52. The largest absolute Gasteiger partial charge is 0.473 e. The van der Waals surface area contributed by atoms with Crippen molar-refractivity contribution in [2.45, 2.75) is 51.0 Å². The maximum Gasteiger partial charge on any atom is 0.213 e. The van der Waals surface area contributed by atoms with Crippen molar-refractivity contribution < 1.29 is 13.9 Å². The minimum Gasteiger partial charge on any atom is -0.473 e. The normalized spacial score (nSPS) is 17.8. The van der Waals surface area contributed by atoms with Gasteiger partial charge in [0.25, 0.3) is 0 Å². The highest BCUT2D eigenvalue weighted by atomic mass is 35.5. The van der Waals surface area contributed by atoms with Gasteiger partial charge in [0.1, 0.15) is 18.2 Å². The van der Waals surface area contributed by atoms with Crippen LogP contribution in [0.1, 0.15) is 42.3 Å². The summed E-state index contributed by atoms with van der Waals surface area (Å²) in [4.78, 5) is 12.4. The first kappa shape index (κ1) is 28.0. The number of rotatable bonds is 9. The summed E-state index contributed by atoms with van der Waals surface area (Å²) in [6.45, 7) is 4.46. The molecule has 2 aliphatic heterocycles. The Kier molecular flexibility index (Phi) is 7.86. The monoisotopic (exact) mass is 600 g/mol. The lowest BCUT2D eigenvalue weighted by molar-refractivity contribution is -0.0592. The molecule has 1 atom stereocenters. The van der Waals surface area contributed by atoms with Gasteiger partial charge < -0.3 is 14.0 Å². The predicted octanol–water partition coefficient (Wildman–Crippen LogP) is 6.37. The average molecular weight is 601 g/mol. The lowest BCUT2D eigenvalue weighted by Crippen LogP contribution is -2.35. The van der Waals surface area contributed by atoms with E-state index in [0.717, 1.165) is 85.9 Å². The number of halogens is 2. The van der Waals surface area contributed by atoms with E-state index in [1.807, 2.05) is 36.1 Å². The topological polar surface area (TPSA) is 70.2 Å². The molecule has 0 radical (unpaired) electrons. The fraction of sp³-hybridized carbons (Fsp3) is 0.364. The summed E-state index contributed by atoms with van der Waals surface area (Å²) in [6.07, 6.45) is 5.29. The summed E-state index contributed by atoms with van der Waals surface area (Å²) < 4.78 is 30.0. The predicted molar refractivity (Wildman–Crippen MR) is 164 cm³/mol. The van der Waals surface area contributed by atoms with Crippen LogP contribution < -0.4 is 4.74 Å². The van der Waals surface area contributed by atoms with E-state index in [1.165, 1.54) is 6.07 Å². The van der Waals surface area contributed by atoms with E-state index in [2.05, 4.69) is 38.8 Å². The highest BCUT2D eigenvalue weighted by Crippen LogP contribution is 2.31. The molecule has 7 rings (SSSR count). The number of benzene rings is 2. The Morgan fingerprint density at radius 2 is 1.88 bits per heavy atom. The van der Waals surface area contributed by atoms with E-state index < -0.39 is 0 Å². The third-order valence-corrected chi connectivity index (χ3v) is 8.76. The van der Waals surface area contributed by atoms with E-state index in [-0.39, 0.29) is 18.5 Å². The van der Waals surface area contributed by atoms with Crippen LogP contribution in [0.4, 0.5) is 4.39 Å². The Hall–Kier alpha value is -3.79. The minimum absolute atomic E-state index is 0.105. The van der Waals surface area contributed by atoms with Gasteiger partial charge in [-0.05, 0) is 68.8 Å². The summed E-state index contributed by atoms with van der Waals surface area (Å²) >= 11 is 5.87. The van der Waals surface area contributed by atoms with Gasteiger partial charge >= 0.3 is 0 Å². The molecule has 0 saturated carbocycles. The molecule has 2 aliphatic rings. The zero-order chi connectivity index (χ0) is 29.3. The molecule has 0 spiro atoms. The summed E-state index contributed by atoms with van der Waals surface area (Å²) in [5.74, 6) is 1.55. The lowest BCUT2D eigenvalue weighted by atomic mass is 9.93. The smallest absolute Gasteiger partial charge is 0.213 e. The van der Waals surface area contributed by atoms with Crippen LogP contribution in [0.15, 0.2) is 66.9 Å². The number of hydrogen-bond donors (Lipinski definition) is 0. The van der Waals surface area contributed by atoms with Crippen molar-refractivity contribution in [2.24, 2.45) is 7.05 Å². The molecule has 10 heteroatoms. The highest BCUT2D eigenvalue weighted by molar-refractivity contribution is 6.30. The quantitative estimate of drug-likeness (QED) is 0.196. The number of nitrogens with zero attached hydrogens (tertiary/aromatic N) is 6. The summed E-state index contributed by atoms with van der Waals surface area (Å²) in [7, 11) is 1.93. The molecule has 0 bridgehead atoms. The molecular weight excluding hydrogens is 567 g/mol. The molecule has 3 aromatic heterocycles. The van der Waals surface area contributed by atoms with Crippen molar-refractivity contribution in [3.8, 4) is 17.1 Å². The van der Waals surface area contributed by atoms with Crippen LogP contribution in [-0.2, 0) is 31.5 Å². The maximum atomic E-state index is 14.2. The van der Waals surface area contributed by atoms with Gasteiger partial charge in [-0.3, -0.25) is 9.58 Å². The second kappa shape index (κ2) is 12.1. The molecule has 1 unspecified atom stereocenters. The Morgan fingerprint density at radius 3 is 2.63 bits per heavy atom. The number of imidazole rings is 1. The number of piperidine rings is 1. The maximum absolute atomic E-state index is 14.2. The summed E-state index contributed by atoms with van der Waals surface area (Å²) in [5.41, 5.74) is 5.62. The highest BCUT2D eigenvalue weighted by Gasteiger charge is 2.26. The van der Waals surface area contributed by atoms with Gasteiger partial charge in [0.15, 0.2) is 0 Å². The first-order valence-electron chi connectivity index (χ1n) is 14.9. The standard InChI is InChI=1S/C33H34ClFN6O2/c1-39-13-11-29(38-39)23-6-8-31-30(17-23)36-32(41(31)19-26-12-16-42-26)20-40-14-9-22(10-15-40)28-3-2-4-33(37-28)43-21-24-5-7-25(34)18-27(24)35/h2-8,11,13,17-18,22,26H,9-10,12,14-16,19-21H2,1H3. The van der Waals surface area contributed by atoms with Crippen molar-refractivity contribution in [1.29, 1.82) is 0 Å². The number of pyridine rings is 1. The number of likely N-dealkylation sites (tertiary alicyclic amines) is 1. The molecule has 8 nitrogen and oxygen atoms in total. The first-order valence-corrected chi connectivity index (χ1v) is 15.2. The van der Waals surface area contributed by atoms with E-state index in [4.69, 9.17) is 31.0 Å². The lowest BCUT2D eigenvalue weighted by Gasteiger charge is -2.32. The van der Waals surface area contributed by atoms with Gasteiger partial charge in [-0.1, -0.05) is 29.8 Å². The van der Waals surface area contributed by atoms with Crippen molar-refractivity contribution in [2.75, 3.05) is 19.7 Å². The number of hydrogen-bond acceptors (Lipinski definition) is 6. The molecule has 5 aromatic rings. The molecule has 5 heterocycles. The van der Waals surface area contributed by atoms with Gasteiger partial charge in [0.2, 0.25) is 5.88 Å². The zero-order valence-electron chi connectivity index (χ0n) is 24.1. The second-order valence-electron chi connectivity index (χ2n) is 11.5. The Morgan fingerprint density at radius 1 is 1.02 bits per heavy atom. The fourth-order valence-electron chi connectivity index (χ4n) is 5.98. The first-order chi connectivity index (χ1) is 21.0. The van der Waals surface area contributed by atoms with E-state index in [0.29, 0.717) is 22.4 Å². The van der Waals surface area contributed by atoms with Gasteiger partial charge in [-0.25, -0.2) is 14.4 Å². The van der Waals surface area contributed by atoms with Crippen molar-refractivity contribution >= 4 is 22.6 Å². The molecule has 43 heavy (non-hydrogen) atoms.